The van der Waals surface area contributed by atoms with Gasteiger partial charge in [-0.15, -0.1) is 0 Å². The summed E-state index contributed by atoms with van der Waals surface area (Å²) in [5.74, 6) is -4.55. The van der Waals surface area contributed by atoms with Gasteiger partial charge in [0.15, 0.2) is 17.7 Å². The molecule has 9 N–H and O–H groups in total. The van der Waals surface area contributed by atoms with E-state index in [0.717, 1.165) is 0 Å². The number of aliphatic hydroxyl groups is 4. The van der Waals surface area contributed by atoms with Crippen molar-refractivity contribution in [1.82, 2.24) is 5.32 Å². The molecular weight excluding hydrogens is 524 g/mol. The van der Waals surface area contributed by atoms with Crippen molar-refractivity contribution in [2.24, 2.45) is 0 Å². The molecule has 15 nitrogen and oxygen atoms in total. The Kier molecular flexibility index (Phi) is 7.89. The van der Waals surface area contributed by atoms with E-state index in [1.807, 2.05) is 0 Å². The van der Waals surface area contributed by atoms with Crippen LogP contribution in [0.1, 0.15) is 12.0 Å². The van der Waals surface area contributed by atoms with Crippen molar-refractivity contribution in [3.05, 3.63) is 41.1 Å². The molecule has 1 saturated heterocycles. The highest BCUT2D eigenvalue weighted by molar-refractivity contribution is 5.89. The Labute approximate surface area is 219 Å². The predicted octanol–water partition coefficient (Wildman–Crippen LogP) is -2.36. The van der Waals surface area contributed by atoms with E-state index < -0.39 is 73.1 Å². The van der Waals surface area contributed by atoms with Crippen LogP contribution >= 0.6 is 0 Å². The normalized spacial score (nSPS) is 32.3. The summed E-state index contributed by atoms with van der Waals surface area (Å²) in [6.45, 7) is -0.687. The molecular formula is C24H27N2O13+. The van der Waals surface area contributed by atoms with Crippen LogP contribution in [-0.2, 0) is 25.5 Å². The van der Waals surface area contributed by atoms with Gasteiger partial charge >= 0.3 is 17.9 Å². The summed E-state index contributed by atoms with van der Waals surface area (Å²) in [7, 11) is 0. The van der Waals surface area contributed by atoms with Crippen LogP contribution in [-0.4, -0.2) is 119 Å². The van der Waals surface area contributed by atoms with E-state index in [4.69, 9.17) is 9.47 Å². The number of phenolic OH excluding ortho intramolecular Hbond substituents is 1. The Bertz CT molecular complexity index is 1270. The molecule has 39 heavy (non-hydrogen) atoms. The smallest absolute Gasteiger partial charge is 0.373 e. The standard InChI is InChI=1S/C24H26N2O13/c27-8-17-18(29)19(30)20(31)24(39-17)38-16-6-10-5-14(23(36)37)26(13(10)7-15(16)28)2-1-9-3-11(21(32)33)25-12(4-9)22(34)35/h1-3,6-7,12,14,17-20,24,27,29-31H,4-5,8H2,(H4,28,32,33,34,35,36,37)/p+1/t12-,14+,17+,18+,19-,20+,24-/m0/s1. The summed E-state index contributed by atoms with van der Waals surface area (Å²) in [5, 5.41) is 80.9. The molecule has 7 atom stereocenters. The molecule has 0 amide bonds. The molecule has 15 heteroatoms. The summed E-state index contributed by atoms with van der Waals surface area (Å²) in [6.07, 6.45) is -4.03. The molecule has 3 aliphatic heterocycles. The number of allylic oxidation sites excluding steroid dienone is 2. The summed E-state index contributed by atoms with van der Waals surface area (Å²) >= 11 is 0. The lowest BCUT2D eigenvalue weighted by molar-refractivity contribution is -0.456. The predicted molar refractivity (Wildman–Crippen MR) is 127 cm³/mol. The lowest BCUT2D eigenvalue weighted by atomic mass is 9.99. The zero-order valence-corrected chi connectivity index (χ0v) is 20.1. The number of nitrogens with zero attached hydrogens (tertiary/aromatic N) is 1. The second kappa shape index (κ2) is 11.0. The molecule has 1 aromatic carbocycles. The van der Waals surface area contributed by atoms with Gasteiger partial charge in [-0.1, -0.05) is 0 Å². The van der Waals surface area contributed by atoms with Crippen LogP contribution in [0.15, 0.2) is 35.6 Å². The topological polar surface area (TPSA) is 247 Å². The van der Waals surface area contributed by atoms with Crippen LogP contribution in [0.25, 0.3) is 0 Å². The number of carboxylic acid groups (broad SMARTS) is 3. The molecule has 0 unspecified atom stereocenters. The first-order chi connectivity index (χ1) is 18.4. The fourth-order valence-electron chi connectivity index (χ4n) is 4.58. The number of carboxylic acids is 3. The lowest BCUT2D eigenvalue weighted by Gasteiger charge is -2.39. The van der Waals surface area contributed by atoms with Gasteiger partial charge in [0.25, 0.3) is 6.04 Å². The second-order valence-electron chi connectivity index (χ2n) is 9.22. The molecule has 4 rings (SSSR count). The lowest BCUT2D eigenvalue weighted by Crippen LogP contribution is -2.60. The van der Waals surface area contributed by atoms with Gasteiger partial charge < -0.3 is 55.6 Å². The van der Waals surface area contributed by atoms with Crippen LogP contribution in [0.5, 0.6) is 11.5 Å². The highest BCUT2D eigenvalue weighted by Gasteiger charge is 2.46. The number of phenols is 1. The molecule has 3 heterocycles. The third-order valence-corrected chi connectivity index (χ3v) is 6.64. The van der Waals surface area contributed by atoms with Crippen molar-refractivity contribution < 1.29 is 69.3 Å². The molecule has 3 aliphatic rings. The van der Waals surface area contributed by atoms with Gasteiger partial charge in [-0.3, -0.25) is 0 Å². The zero-order valence-electron chi connectivity index (χ0n) is 20.1. The molecule has 1 aromatic rings. The van der Waals surface area contributed by atoms with Gasteiger partial charge in [-0.05, 0) is 17.7 Å². The highest BCUT2D eigenvalue weighted by atomic mass is 16.7. The van der Waals surface area contributed by atoms with E-state index in [2.05, 4.69) is 5.32 Å². The van der Waals surface area contributed by atoms with Crippen molar-refractivity contribution in [3.63, 3.8) is 0 Å². The van der Waals surface area contributed by atoms with Gasteiger partial charge in [0.2, 0.25) is 12.0 Å². The number of benzene rings is 1. The Morgan fingerprint density at radius 3 is 2.38 bits per heavy atom. The fourth-order valence-corrected chi connectivity index (χ4v) is 4.58. The SMILES string of the molecule is O=C(O)C1=C/C(=C/C=[N+]2c3cc(O)c(O[C@H]4O[C@H](CO)[C@@H](O)[C@H](O)[C@H]4O)cc3C[C@@H]2C(=O)O)C[C@@H](C(=O)O)N1. The maximum atomic E-state index is 12.0. The summed E-state index contributed by atoms with van der Waals surface area (Å²) in [5.41, 5.74) is 0.648. The van der Waals surface area contributed by atoms with Crippen molar-refractivity contribution in [3.8, 4) is 11.5 Å². The monoisotopic (exact) mass is 551 g/mol. The number of aliphatic carboxylic acids is 3. The van der Waals surface area contributed by atoms with E-state index in [1.54, 1.807) is 0 Å². The van der Waals surface area contributed by atoms with Gasteiger partial charge in [-0.2, -0.15) is 4.58 Å². The Balaban J connectivity index is 1.66. The Hall–Kier alpha value is -4.02. The Morgan fingerprint density at radius 2 is 1.77 bits per heavy atom. The number of aromatic hydroxyl groups is 1. The quantitative estimate of drug-likeness (QED) is 0.161. The van der Waals surface area contributed by atoms with E-state index in [-0.39, 0.29) is 30.0 Å². The maximum absolute atomic E-state index is 12.0. The molecule has 0 spiro atoms. The van der Waals surface area contributed by atoms with Crippen LogP contribution < -0.4 is 10.1 Å². The molecule has 1 fully saturated rings. The number of ether oxygens (including phenoxy) is 2. The first-order valence-corrected chi connectivity index (χ1v) is 11.7. The first-order valence-electron chi connectivity index (χ1n) is 11.7. The number of hydrogen-bond donors (Lipinski definition) is 9. The van der Waals surface area contributed by atoms with Crippen molar-refractivity contribution >= 4 is 29.8 Å². The van der Waals surface area contributed by atoms with Gasteiger partial charge in [0.05, 0.1) is 19.1 Å². The summed E-state index contributed by atoms with van der Waals surface area (Å²) in [4.78, 5) is 34.8. The zero-order chi connectivity index (χ0) is 28.6. The molecule has 0 aliphatic carbocycles. The number of hydrogen-bond acceptors (Lipinski definition) is 11. The molecule has 210 valence electrons. The summed E-state index contributed by atoms with van der Waals surface area (Å²) < 4.78 is 12.1. The molecule has 0 saturated carbocycles. The average molecular weight is 551 g/mol. The minimum atomic E-state index is -1.73. The fraction of sp³-hybridized carbons (Fsp3) is 0.417. The minimum absolute atomic E-state index is 0.0504. The van der Waals surface area contributed by atoms with Crippen LogP contribution in [0, 0.1) is 0 Å². The van der Waals surface area contributed by atoms with Gasteiger partial charge in [0, 0.05) is 18.1 Å². The third kappa shape index (κ3) is 5.57. The van der Waals surface area contributed by atoms with E-state index >= 15 is 0 Å². The molecule has 0 radical (unpaired) electrons. The van der Waals surface area contributed by atoms with E-state index in [0.29, 0.717) is 11.1 Å². The first kappa shape index (κ1) is 28.0. The maximum Gasteiger partial charge on any atom is 0.373 e. The van der Waals surface area contributed by atoms with Crippen molar-refractivity contribution in [2.75, 3.05) is 6.61 Å². The molecule has 0 bridgehead atoms. The summed E-state index contributed by atoms with van der Waals surface area (Å²) in [6, 6.07) is 0.177. The van der Waals surface area contributed by atoms with Gasteiger partial charge in [0.1, 0.15) is 36.2 Å². The average Bonchev–Trinajstić information content (AvgIpc) is 3.24. The number of carbonyl (C=O) groups is 3. The van der Waals surface area contributed by atoms with Crippen LogP contribution in [0.3, 0.4) is 0 Å². The minimum Gasteiger partial charge on any atom is -0.504 e. The van der Waals surface area contributed by atoms with E-state index in [9.17, 15) is 55.2 Å². The van der Waals surface area contributed by atoms with Crippen LogP contribution in [0.4, 0.5) is 5.69 Å². The number of nitrogens with one attached hydrogen (secondary N) is 1. The molecule has 0 aromatic heterocycles. The number of fused-ring (bicyclic) bond motifs is 1. The van der Waals surface area contributed by atoms with Crippen LogP contribution in [0.2, 0.25) is 0 Å². The second-order valence-corrected chi connectivity index (χ2v) is 9.22. The van der Waals surface area contributed by atoms with Crippen molar-refractivity contribution in [1.29, 1.82) is 0 Å². The Morgan fingerprint density at radius 1 is 1.05 bits per heavy atom. The number of rotatable bonds is 7. The van der Waals surface area contributed by atoms with Gasteiger partial charge in [-0.25, -0.2) is 14.4 Å². The third-order valence-electron chi connectivity index (χ3n) is 6.64. The number of aliphatic hydroxyl groups excluding tert-OH is 4. The largest absolute Gasteiger partial charge is 0.504 e. The van der Waals surface area contributed by atoms with E-state index in [1.165, 1.54) is 35.1 Å². The van der Waals surface area contributed by atoms with Crippen molar-refractivity contribution in [2.45, 2.75) is 55.6 Å². The highest BCUT2D eigenvalue weighted by Crippen LogP contribution is 2.40.